The lowest BCUT2D eigenvalue weighted by Gasteiger charge is -2.26. The normalized spacial score (nSPS) is 19.6. The Morgan fingerprint density at radius 2 is 1.83 bits per heavy atom. The second-order valence-corrected chi connectivity index (χ2v) is 3.92. The van der Waals surface area contributed by atoms with Gasteiger partial charge in [-0.05, 0) is 12.8 Å². The molecule has 1 aliphatic rings. The van der Waals surface area contributed by atoms with Gasteiger partial charge in [-0.15, -0.1) is 0 Å². The predicted octanol–water partition coefficient (Wildman–Crippen LogP) is 1.31. The number of carbonyl (C=O) groups is 1. The molecule has 0 spiro atoms. The number of piperidine rings is 1. The molecule has 0 aromatic carbocycles. The summed E-state index contributed by atoms with van der Waals surface area (Å²) in [6, 6.07) is 0. The van der Waals surface area contributed by atoms with Crippen LogP contribution >= 0.6 is 23.2 Å². The summed E-state index contributed by atoms with van der Waals surface area (Å²) >= 11 is 10.7. The summed E-state index contributed by atoms with van der Waals surface area (Å²) in [6.07, 6.45) is 3.47. The van der Waals surface area contributed by atoms with Gasteiger partial charge in [0.2, 0.25) is 0 Å². The van der Waals surface area contributed by atoms with E-state index in [4.69, 9.17) is 23.2 Å². The lowest BCUT2D eigenvalue weighted by Crippen LogP contribution is -2.46. The van der Waals surface area contributed by atoms with Crippen molar-refractivity contribution in [2.75, 3.05) is 13.1 Å². The van der Waals surface area contributed by atoms with Crippen molar-refractivity contribution in [1.29, 1.82) is 0 Å². The Labute approximate surface area is 82.0 Å². The minimum absolute atomic E-state index is 0.333. The first-order valence-electron chi connectivity index (χ1n) is 4.04. The van der Waals surface area contributed by atoms with Gasteiger partial charge in [-0.25, -0.2) is 5.01 Å². The molecule has 1 heterocycles. The highest BCUT2D eigenvalue weighted by atomic mass is 35.5. The summed E-state index contributed by atoms with van der Waals surface area (Å²) in [6.45, 7) is 1.79. The average molecular weight is 211 g/mol. The van der Waals surface area contributed by atoms with E-state index in [-0.39, 0.29) is 5.91 Å². The van der Waals surface area contributed by atoms with Gasteiger partial charge in [0, 0.05) is 13.1 Å². The van der Waals surface area contributed by atoms with Crippen LogP contribution in [-0.4, -0.2) is 28.8 Å². The fraction of sp³-hybridized carbons (Fsp3) is 0.857. The fourth-order valence-electron chi connectivity index (χ4n) is 1.21. The quantitative estimate of drug-likeness (QED) is 0.698. The third-order valence-electron chi connectivity index (χ3n) is 1.82. The molecule has 0 radical (unpaired) electrons. The number of rotatable bonds is 2. The number of hydrogen-bond donors (Lipinski definition) is 1. The summed E-state index contributed by atoms with van der Waals surface area (Å²) < 4.78 is 0. The van der Waals surface area contributed by atoms with Crippen molar-refractivity contribution in [3.8, 4) is 0 Å². The molecule has 5 heteroatoms. The number of hydrazine groups is 1. The molecule has 0 saturated carbocycles. The minimum Gasteiger partial charge on any atom is -0.287 e. The molecule has 0 unspecified atom stereocenters. The lowest BCUT2D eigenvalue weighted by atomic mass is 10.2. The zero-order chi connectivity index (χ0) is 8.97. The van der Waals surface area contributed by atoms with E-state index < -0.39 is 4.84 Å². The van der Waals surface area contributed by atoms with Crippen molar-refractivity contribution in [1.82, 2.24) is 10.4 Å². The van der Waals surface area contributed by atoms with Gasteiger partial charge in [0.1, 0.15) is 0 Å². The number of halogens is 2. The number of amides is 1. The van der Waals surface area contributed by atoms with E-state index in [1.807, 2.05) is 5.01 Å². The smallest absolute Gasteiger partial charge is 0.267 e. The van der Waals surface area contributed by atoms with Gasteiger partial charge in [0.25, 0.3) is 5.91 Å². The lowest BCUT2D eigenvalue weighted by molar-refractivity contribution is -0.124. The standard InChI is InChI=1S/C7H12Cl2N2O/c8-6(9)7(12)10-11-4-2-1-3-5-11/h6H,1-5H2,(H,10,12). The van der Waals surface area contributed by atoms with E-state index in [0.717, 1.165) is 25.9 Å². The van der Waals surface area contributed by atoms with Crippen LogP contribution in [0.1, 0.15) is 19.3 Å². The maximum absolute atomic E-state index is 11.0. The van der Waals surface area contributed by atoms with E-state index >= 15 is 0 Å². The summed E-state index contributed by atoms with van der Waals surface area (Å²) in [5.41, 5.74) is 2.65. The maximum atomic E-state index is 11.0. The molecule has 12 heavy (non-hydrogen) atoms. The molecule has 0 aromatic heterocycles. The van der Waals surface area contributed by atoms with Crippen LogP contribution in [0.15, 0.2) is 0 Å². The Bertz CT molecular complexity index is 157. The van der Waals surface area contributed by atoms with E-state index in [1.165, 1.54) is 6.42 Å². The van der Waals surface area contributed by atoms with E-state index in [0.29, 0.717) is 0 Å². The van der Waals surface area contributed by atoms with Crippen molar-refractivity contribution in [2.24, 2.45) is 0 Å². The average Bonchev–Trinajstić information content (AvgIpc) is 2.06. The summed E-state index contributed by atoms with van der Waals surface area (Å²) in [7, 11) is 0. The molecular formula is C7H12Cl2N2O. The van der Waals surface area contributed by atoms with Crippen molar-refractivity contribution < 1.29 is 4.79 Å². The molecule has 1 N–H and O–H groups in total. The minimum atomic E-state index is -0.966. The van der Waals surface area contributed by atoms with E-state index in [1.54, 1.807) is 0 Å². The number of alkyl halides is 2. The Kier molecular flexibility index (Phi) is 4.12. The summed E-state index contributed by atoms with van der Waals surface area (Å²) in [4.78, 5) is 10.0. The van der Waals surface area contributed by atoms with Crippen LogP contribution in [0.5, 0.6) is 0 Å². The van der Waals surface area contributed by atoms with Crippen molar-refractivity contribution in [3.63, 3.8) is 0 Å². The Morgan fingerprint density at radius 1 is 1.25 bits per heavy atom. The first kappa shape index (κ1) is 10.1. The third kappa shape index (κ3) is 3.17. The van der Waals surface area contributed by atoms with Crippen molar-refractivity contribution in [2.45, 2.75) is 24.1 Å². The van der Waals surface area contributed by atoms with Gasteiger partial charge in [-0.2, -0.15) is 0 Å². The van der Waals surface area contributed by atoms with Crippen molar-refractivity contribution >= 4 is 29.1 Å². The van der Waals surface area contributed by atoms with Gasteiger partial charge in [-0.1, -0.05) is 29.6 Å². The third-order valence-corrected chi connectivity index (χ3v) is 2.22. The van der Waals surface area contributed by atoms with Crippen LogP contribution in [0.2, 0.25) is 0 Å². The highest BCUT2D eigenvalue weighted by Gasteiger charge is 2.16. The number of hydrogen-bond acceptors (Lipinski definition) is 2. The van der Waals surface area contributed by atoms with Crippen LogP contribution in [0.25, 0.3) is 0 Å². The molecule has 0 aromatic rings. The molecule has 3 nitrogen and oxygen atoms in total. The highest BCUT2D eigenvalue weighted by Crippen LogP contribution is 2.07. The molecule has 1 aliphatic heterocycles. The molecule has 0 aliphatic carbocycles. The van der Waals surface area contributed by atoms with Gasteiger partial charge < -0.3 is 0 Å². The van der Waals surface area contributed by atoms with E-state index in [9.17, 15) is 4.79 Å². The second-order valence-electron chi connectivity index (χ2n) is 2.82. The Morgan fingerprint density at radius 3 is 2.33 bits per heavy atom. The molecule has 0 atom stereocenters. The van der Waals surface area contributed by atoms with Gasteiger partial charge >= 0.3 is 0 Å². The van der Waals surface area contributed by atoms with Gasteiger partial charge in [0.15, 0.2) is 4.84 Å². The topological polar surface area (TPSA) is 32.3 Å². The van der Waals surface area contributed by atoms with Crippen LogP contribution < -0.4 is 5.43 Å². The largest absolute Gasteiger partial charge is 0.287 e. The van der Waals surface area contributed by atoms with Crippen LogP contribution in [0.4, 0.5) is 0 Å². The molecular weight excluding hydrogens is 199 g/mol. The summed E-state index contributed by atoms with van der Waals surface area (Å²) in [5.74, 6) is -0.333. The number of carbonyl (C=O) groups excluding carboxylic acids is 1. The second kappa shape index (κ2) is 4.90. The van der Waals surface area contributed by atoms with Gasteiger partial charge in [0.05, 0.1) is 0 Å². The zero-order valence-corrected chi connectivity index (χ0v) is 8.24. The van der Waals surface area contributed by atoms with Crippen LogP contribution in [0, 0.1) is 0 Å². The van der Waals surface area contributed by atoms with Crippen LogP contribution in [0.3, 0.4) is 0 Å². The Hall–Kier alpha value is 0.01000. The highest BCUT2D eigenvalue weighted by molar-refractivity contribution is 6.53. The number of nitrogens with one attached hydrogen (secondary N) is 1. The van der Waals surface area contributed by atoms with Gasteiger partial charge in [-0.3, -0.25) is 10.2 Å². The van der Waals surface area contributed by atoms with Crippen LogP contribution in [-0.2, 0) is 4.79 Å². The maximum Gasteiger partial charge on any atom is 0.267 e. The molecule has 1 amide bonds. The first-order valence-corrected chi connectivity index (χ1v) is 4.91. The molecule has 1 rings (SSSR count). The first-order chi connectivity index (χ1) is 5.70. The molecule has 1 fully saturated rings. The molecule has 0 bridgehead atoms. The summed E-state index contributed by atoms with van der Waals surface area (Å²) in [5, 5.41) is 1.86. The fourth-order valence-corrected chi connectivity index (χ4v) is 1.31. The molecule has 70 valence electrons. The van der Waals surface area contributed by atoms with E-state index in [2.05, 4.69) is 5.43 Å². The monoisotopic (exact) mass is 210 g/mol. The molecule has 1 saturated heterocycles. The SMILES string of the molecule is O=C(NN1CCCCC1)C(Cl)Cl. The predicted molar refractivity (Wildman–Crippen MR) is 49.1 cm³/mol. The van der Waals surface area contributed by atoms with Crippen molar-refractivity contribution in [3.05, 3.63) is 0 Å². The number of nitrogens with zero attached hydrogens (tertiary/aromatic N) is 1. The zero-order valence-electron chi connectivity index (χ0n) is 6.72. The Balaban J connectivity index is 2.24.